The molecule has 7 nitrogen and oxygen atoms in total. The first kappa shape index (κ1) is 22.9. The smallest absolute Gasteiger partial charge is 0.286 e. The number of nitrogens with zero attached hydrogens (tertiary/aromatic N) is 3. The van der Waals surface area contributed by atoms with Crippen molar-refractivity contribution in [2.24, 2.45) is 5.92 Å². The van der Waals surface area contributed by atoms with Crippen molar-refractivity contribution in [3.63, 3.8) is 0 Å². The van der Waals surface area contributed by atoms with E-state index in [1.54, 1.807) is 0 Å². The Morgan fingerprint density at radius 1 is 1.06 bits per heavy atom. The Bertz CT molecular complexity index is 907. The summed E-state index contributed by atoms with van der Waals surface area (Å²) in [5.74, 6) is 0.00172. The Labute approximate surface area is 194 Å². The fraction of sp³-hybridized carbons (Fsp3) is 0.583. The Morgan fingerprint density at radius 2 is 1.84 bits per heavy atom. The standard InChI is InChI=1S/C24H33N5O2S/c1-2-17-10-12-20(13-11-17)26-23(31)24-28-27-21(32-24)16-29-14-6-7-18(15-29)22(30)25-19-8-4-3-5-9-19/h10-13,18-19H,2-9,14-16H2,1H3,(H,25,30)(H,26,31). The van der Waals surface area contributed by atoms with Crippen LogP contribution in [0.25, 0.3) is 0 Å². The van der Waals surface area contributed by atoms with Gasteiger partial charge >= 0.3 is 0 Å². The maximum atomic E-state index is 12.8. The molecule has 1 saturated heterocycles. The van der Waals surface area contributed by atoms with Gasteiger partial charge in [-0.05, 0) is 56.3 Å². The molecule has 2 N–H and O–H groups in total. The van der Waals surface area contributed by atoms with Gasteiger partial charge in [0.15, 0.2) is 0 Å². The van der Waals surface area contributed by atoms with E-state index in [0.717, 1.165) is 55.9 Å². The van der Waals surface area contributed by atoms with E-state index in [-0.39, 0.29) is 17.7 Å². The molecule has 2 heterocycles. The van der Waals surface area contributed by atoms with Gasteiger partial charge in [0.25, 0.3) is 5.91 Å². The van der Waals surface area contributed by atoms with Crippen molar-refractivity contribution < 1.29 is 9.59 Å². The highest BCUT2D eigenvalue weighted by Crippen LogP contribution is 2.23. The molecule has 1 aromatic carbocycles. The fourth-order valence-electron chi connectivity index (χ4n) is 4.59. The molecule has 2 amide bonds. The van der Waals surface area contributed by atoms with E-state index in [1.165, 1.54) is 36.2 Å². The number of carbonyl (C=O) groups is 2. The van der Waals surface area contributed by atoms with Gasteiger partial charge in [-0.15, -0.1) is 10.2 Å². The van der Waals surface area contributed by atoms with Crippen LogP contribution in [0.1, 0.15) is 72.2 Å². The van der Waals surface area contributed by atoms with E-state index in [9.17, 15) is 9.59 Å². The molecule has 8 heteroatoms. The summed E-state index contributed by atoms with van der Waals surface area (Å²) in [6.45, 7) is 4.41. The quantitative estimate of drug-likeness (QED) is 0.659. The van der Waals surface area contributed by atoms with E-state index in [0.29, 0.717) is 17.6 Å². The first-order chi connectivity index (χ1) is 15.6. The van der Waals surface area contributed by atoms with Crippen LogP contribution in [0.4, 0.5) is 5.69 Å². The van der Waals surface area contributed by atoms with Crippen LogP contribution in [0, 0.1) is 5.92 Å². The minimum absolute atomic E-state index is 0.0347. The molecule has 2 fully saturated rings. The topological polar surface area (TPSA) is 87.2 Å². The molecule has 1 aliphatic carbocycles. The van der Waals surface area contributed by atoms with Crippen LogP contribution in [-0.4, -0.2) is 46.0 Å². The Kier molecular flexibility index (Phi) is 7.86. The third-order valence-corrected chi connectivity index (χ3v) is 7.37. The highest BCUT2D eigenvalue weighted by molar-refractivity contribution is 7.13. The van der Waals surface area contributed by atoms with Gasteiger partial charge < -0.3 is 10.6 Å². The monoisotopic (exact) mass is 455 g/mol. The van der Waals surface area contributed by atoms with Gasteiger partial charge in [-0.25, -0.2) is 0 Å². The zero-order valence-electron chi connectivity index (χ0n) is 18.8. The van der Waals surface area contributed by atoms with Crippen molar-refractivity contribution in [1.82, 2.24) is 20.4 Å². The van der Waals surface area contributed by atoms with Crippen LogP contribution in [0.3, 0.4) is 0 Å². The summed E-state index contributed by atoms with van der Waals surface area (Å²) in [6.07, 6.45) is 8.86. The maximum Gasteiger partial charge on any atom is 0.286 e. The average molecular weight is 456 g/mol. The lowest BCUT2D eigenvalue weighted by molar-refractivity contribution is -0.127. The second-order valence-corrected chi connectivity index (χ2v) is 9.99. The lowest BCUT2D eigenvalue weighted by atomic mass is 9.93. The van der Waals surface area contributed by atoms with Gasteiger partial charge in [0, 0.05) is 18.3 Å². The zero-order valence-corrected chi connectivity index (χ0v) is 19.6. The van der Waals surface area contributed by atoms with Crippen molar-refractivity contribution >= 4 is 28.8 Å². The van der Waals surface area contributed by atoms with E-state index in [2.05, 4.69) is 32.7 Å². The zero-order chi connectivity index (χ0) is 22.3. The van der Waals surface area contributed by atoms with Gasteiger partial charge in [-0.2, -0.15) is 0 Å². The number of anilines is 1. The largest absolute Gasteiger partial charge is 0.353 e. The number of piperidine rings is 1. The van der Waals surface area contributed by atoms with E-state index in [1.807, 2.05) is 24.3 Å². The number of benzene rings is 1. The Balaban J connectivity index is 1.28. The first-order valence-corrected chi connectivity index (χ1v) is 12.7. The number of rotatable bonds is 7. The van der Waals surface area contributed by atoms with Gasteiger partial charge in [0.2, 0.25) is 10.9 Å². The van der Waals surface area contributed by atoms with Crippen LogP contribution >= 0.6 is 11.3 Å². The highest BCUT2D eigenvalue weighted by Gasteiger charge is 2.28. The lowest BCUT2D eigenvalue weighted by Gasteiger charge is -2.32. The third kappa shape index (κ3) is 6.13. The van der Waals surface area contributed by atoms with Crippen LogP contribution in [-0.2, 0) is 17.8 Å². The lowest BCUT2D eigenvalue weighted by Crippen LogP contribution is -2.46. The maximum absolute atomic E-state index is 12.8. The molecule has 32 heavy (non-hydrogen) atoms. The number of amides is 2. The van der Waals surface area contributed by atoms with E-state index >= 15 is 0 Å². The molecular weight excluding hydrogens is 422 g/mol. The molecule has 1 atom stereocenters. The predicted octanol–water partition coefficient (Wildman–Crippen LogP) is 4.01. The fourth-order valence-corrected chi connectivity index (χ4v) is 5.37. The van der Waals surface area contributed by atoms with Crippen molar-refractivity contribution in [3.05, 3.63) is 39.8 Å². The Morgan fingerprint density at radius 3 is 2.59 bits per heavy atom. The summed E-state index contributed by atoms with van der Waals surface area (Å²) >= 11 is 1.32. The summed E-state index contributed by atoms with van der Waals surface area (Å²) < 4.78 is 0. The number of nitrogens with one attached hydrogen (secondary N) is 2. The molecule has 1 saturated carbocycles. The van der Waals surface area contributed by atoms with E-state index < -0.39 is 0 Å². The number of carbonyl (C=O) groups excluding carboxylic acids is 2. The van der Waals surface area contributed by atoms with Crippen LogP contribution in [0.5, 0.6) is 0 Å². The highest BCUT2D eigenvalue weighted by atomic mass is 32.1. The van der Waals surface area contributed by atoms with Crippen molar-refractivity contribution in [1.29, 1.82) is 0 Å². The molecule has 0 bridgehead atoms. The van der Waals surface area contributed by atoms with Gasteiger partial charge in [-0.1, -0.05) is 49.7 Å². The second kappa shape index (κ2) is 11.0. The number of hydrogen-bond acceptors (Lipinski definition) is 6. The number of aromatic nitrogens is 2. The summed E-state index contributed by atoms with van der Waals surface area (Å²) in [5.41, 5.74) is 1.99. The van der Waals surface area contributed by atoms with E-state index in [4.69, 9.17) is 0 Å². The summed E-state index contributed by atoms with van der Waals surface area (Å²) in [7, 11) is 0. The minimum atomic E-state index is -0.235. The van der Waals surface area contributed by atoms with Crippen LogP contribution < -0.4 is 10.6 Å². The van der Waals surface area contributed by atoms with Crippen molar-refractivity contribution in [2.45, 2.75) is 70.9 Å². The molecule has 1 unspecified atom stereocenters. The SMILES string of the molecule is CCc1ccc(NC(=O)c2nnc(CN3CCCC(C(=O)NC4CCCCC4)C3)s2)cc1. The van der Waals surface area contributed by atoms with Crippen molar-refractivity contribution in [2.75, 3.05) is 18.4 Å². The van der Waals surface area contributed by atoms with Crippen LogP contribution in [0.15, 0.2) is 24.3 Å². The van der Waals surface area contributed by atoms with Gasteiger partial charge in [0.05, 0.1) is 12.5 Å². The minimum Gasteiger partial charge on any atom is -0.353 e. The molecule has 2 aliphatic rings. The summed E-state index contributed by atoms with van der Waals surface area (Å²) in [6, 6.07) is 8.20. The van der Waals surface area contributed by atoms with Crippen molar-refractivity contribution in [3.8, 4) is 0 Å². The number of hydrogen-bond donors (Lipinski definition) is 2. The molecule has 172 valence electrons. The number of likely N-dealkylation sites (tertiary alicyclic amines) is 1. The predicted molar refractivity (Wildman–Crippen MR) is 127 cm³/mol. The second-order valence-electron chi connectivity index (χ2n) is 8.92. The third-order valence-electron chi connectivity index (χ3n) is 6.47. The first-order valence-electron chi connectivity index (χ1n) is 11.9. The summed E-state index contributed by atoms with van der Waals surface area (Å²) in [4.78, 5) is 27.6. The molecule has 2 aromatic rings. The number of aryl methyl sites for hydroxylation is 1. The molecule has 1 aromatic heterocycles. The van der Waals surface area contributed by atoms with Gasteiger partial charge in [-0.3, -0.25) is 14.5 Å². The molecule has 0 radical (unpaired) electrons. The van der Waals surface area contributed by atoms with Crippen LogP contribution in [0.2, 0.25) is 0 Å². The average Bonchev–Trinajstić information content (AvgIpc) is 3.29. The van der Waals surface area contributed by atoms with Gasteiger partial charge in [0.1, 0.15) is 5.01 Å². The molecular formula is C24H33N5O2S. The summed E-state index contributed by atoms with van der Waals surface area (Å²) in [5, 5.41) is 15.7. The Hall–Kier alpha value is -2.32. The normalized spacial score (nSPS) is 20.1. The molecule has 4 rings (SSSR count). The molecule has 0 spiro atoms. The molecule has 1 aliphatic heterocycles.